The van der Waals surface area contributed by atoms with Gasteiger partial charge in [-0.05, 0) is 19.3 Å². The molecule has 1 aliphatic heterocycles. The first-order chi connectivity index (χ1) is 8.22. The summed E-state index contributed by atoms with van der Waals surface area (Å²) >= 11 is 0. The van der Waals surface area contributed by atoms with Gasteiger partial charge in [0.25, 0.3) is 0 Å². The van der Waals surface area contributed by atoms with Crippen molar-refractivity contribution in [2.75, 3.05) is 26.8 Å². The molecule has 96 valence electrons. The number of hydrogen-bond donors (Lipinski definition) is 1. The van der Waals surface area contributed by atoms with Gasteiger partial charge in [-0.2, -0.15) is 0 Å². The highest BCUT2D eigenvalue weighted by molar-refractivity contribution is 5.89. The highest BCUT2D eigenvalue weighted by Crippen LogP contribution is 2.32. The first-order valence-corrected chi connectivity index (χ1v) is 6.28. The second kappa shape index (κ2) is 5.49. The topological polar surface area (TPSA) is 58.6 Å². The summed E-state index contributed by atoms with van der Waals surface area (Å²) in [5, 5.41) is 2.86. The molecule has 1 atom stereocenters. The number of rotatable bonds is 6. The largest absolute Gasteiger partial charge is 0.385 e. The summed E-state index contributed by atoms with van der Waals surface area (Å²) in [6.07, 6.45) is 3.41. The molecule has 5 nitrogen and oxygen atoms in total. The van der Waals surface area contributed by atoms with Gasteiger partial charge in [-0.15, -0.1) is 0 Å². The van der Waals surface area contributed by atoms with E-state index in [4.69, 9.17) is 4.74 Å². The van der Waals surface area contributed by atoms with E-state index in [2.05, 4.69) is 5.32 Å². The van der Waals surface area contributed by atoms with Crippen LogP contribution in [-0.2, 0) is 14.3 Å². The number of amides is 2. The van der Waals surface area contributed by atoms with Crippen LogP contribution in [0.3, 0.4) is 0 Å². The van der Waals surface area contributed by atoms with E-state index in [-0.39, 0.29) is 17.7 Å². The van der Waals surface area contributed by atoms with Crippen molar-refractivity contribution in [3.63, 3.8) is 0 Å². The average molecular weight is 240 g/mol. The Morgan fingerprint density at radius 3 is 2.94 bits per heavy atom. The quantitative estimate of drug-likeness (QED) is 0.672. The average Bonchev–Trinajstić information content (AvgIpc) is 3.08. The van der Waals surface area contributed by atoms with Crippen LogP contribution in [0.4, 0.5) is 0 Å². The number of nitrogens with one attached hydrogen (secondary N) is 1. The fourth-order valence-electron chi connectivity index (χ4n) is 2.22. The van der Waals surface area contributed by atoms with Gasteiger partial charge in [-0.3, -0.25) is 9.59 Å². The summed E-state index contributed by atoms with van der Waals surface area (Å²) in [5.74, 6) is 0.00721. The molecule has 0 bridgehead atoms. The van der Waals surface area contributed by atoms with E-state index in [1.165, 1.54) is 0 Å². The predicted molar refractivity (Wildman–Crippen MR) is 62.3 cm³/mol. The number of ether oxygens (including phenoxy) is 1. The summed E-state index contributed by atoms with van der Waals surface area (Å²) < 4.78 is 4.91. The third kappa shape index (κ3) is 3.19. The third-order valence-corrected chi connectivity index (χ3v) is 3.34. The Morgan fingerprint density at radius 1 is 1.53 bits per heavy atom. The van der Waals surface area contributed by atoms with Gasteiger partial charge in [0.1, 0.15) is 0 Å². The molecule has 1 saturated heterocycles. The Morgan fingerprint density at radius 2 is 2.29 bits per heavy atom. The maximum absolute atomic E-state index is 11.8. The third-order valence-electron chi connectivity index (χ3n) is 3.34. The molecule has 1 heterocycles. The van der Waals surface area contributed by atoms with Gasteiger partial charge >= 0.3 is 0 Å². The molecule has 2 fully saturated rings. The van der Waals surface area contributed by atoms with Crippen LogP contribution in [0.25, 0.3) is 0 Å². The molecule has 2 aliphatic rings. The van der Waals surface area contributed by atoms with Crippen LogP contribution in [0.1, 0.15) is 25.7 Å². The van der Waals surface area contributed by atoms with Crippen LogP contribution in [-0.4, -0.2) is 49.6 Å². The monoisotopic (exact) mass is 240 g/mol. The van der Waals surface area contributed by atoms with Crippen molar-refractivity contribution in [1.29, 1.82) is 0 Å². The summed E-state index contributed by atoms with van der Waals surface area (Å²) in [7, 11) is 1.64. The molecule has 1 N–H and O–H groups in total. The van der Waals surface area contributed by atoms with Crippen LogP contribution in [0.2, 0.25) is 0 Å². The summed E-state index contributed by atoms with van der Waals surface area (Å²) in [4.78, 5) is 25.4. The lowest BCUT2D eigenvalue weighted by Gasteiger charge is -2.15. The SMILES string of the molecule is COCCCNC(=O)[C@H]1CC(=O)N(C2CC2)C1. The van der Waals surface area contributed by atoms with Gasteiger partial charge in [-0.25, -0.2) is 0 Å². The second-order valence-corrected chi connectivity index (χ2v) is 4.82. The standard InChI is InChI=1S/C12H20N2O3/c1-17-6-2-5-13-12(16)9-7-11(15)14(8-9)10-3-4-10/h9-10H,2-8H2,1H3,(H,13,16)/t9-/m0/s1. The lowest BCUT2D eigenvalue weighted by molar-refractivity contribution is -0.129. The van der Waals surface area contributed by atoms with Crippen molar-refractivity contribution >= 4 is 11.8 Å². The van der Waals surface area contributed by atoms with Crippen LogP contribution in [0.5, 0.6) is 0 Å². The van der Waals surface area contributed by atoms with Gasteiger partial charge in [0.15, 0.2) is 0 Å². The molecule has 0 radical (unpaired) electrons. The van der Waals surface area contributed by atoms with E-state index in [0.29, 0.717) is 32.2 Å². The molecule has 5 heteroatoms. The van der Waals surface area contributed by atoms with E-state index in [9.17, 15) is 9.59 Å². The number of carbonyl (C=O) groups excluding carboxylic acids is 2. The van der Waals surface area contributed by atoms with Gasteiger partial charge in [0.2, 0.25) is 11.8 Å². The van der Waals surface area contributed by atoms with Crippen molar-refractivity contribution in [2.24, 2.45) is 5.92 Å². The predicted octanol–water partition coefficient (Wildman–Crippen LogP) is 0.150. The molecule has 1 saturated carbocycles. The molecule has 2 rings (SSSR count). The minimum atomic E-state index is -0.148. The number of methoxy groups -OCH3 is 1. The molecule has 0 aromatic carbocycles. The summed E-state index contributed by atoms with van der Waals surface area (Å²) in [6.45, 7) is 1.89. The van der Waals surface area contributed by atoms with Crippen LogP contribution < -0.4 is 5.32 Å². The fraction of sp³-hybridized carbons (Fsp3) is 0.833. The summed E-state index contributed by atoms with van der Waals surface area (Å²) in [6, 6.07) is 0.425. The fourth-order valence-corrected chi connectivity index (χ4v) is 2.22. The lowest BCUT2D eigenvalue weighted by Crippen LogP contribution is -2.34. The second-order valence-electron chi connectivity index (χ2n) is 4.82. The molecule has 17 heavy (non-hydrogen) atoms. The van der Waals surface area contributed by atoms with E-state index in [0.717, 1.165) is 19.3 Å². The van der Waals surface area contributed by atoms with Gasteiger partial charge in [0, 0.05) is 39.3 Å². The zero-order valence-electron chi connectivity index (χ0n) is 10.3. The van der Waals surface area contributed by atoms with Crippen molar-refractivity contribution in [2.45, 2.75) is 31.7 Å². The smallest absolute Gasteiger partial charge is 0.225 e. The highest BCUT2D eigenvalue weighted by atomic mass is 16.5. The van der Waals surface area contributed by atoms with Crippen LogP contribution >= 0.6 is 0 Å². The Kier molecular flexibility index (Phi) is 3.99. The van der Waals surface area contributed by atoms with Crippen molar-refractivity contribution in [3.8, 4) is 0 Å². The van der Waals surface area contributed by atoms with Crippen LogP contribution in [0, 0.1) is 5.92 Å². The Hall–Kier alpha value is -1.10. The van der Waals surface area contributed by atoms with E-state index in [1.807, 2.05) is 4.90 Å². The van der Waals surface area contributed by atoms with E-state index in [1.54, 1.807) is 7.11 Å². The maximum atomic E-state index is 11.8. The van der Waals surface area contributed by atoms with Gasteiger partial charge < -0.3 is 15.0 Å². The van der Waals surface area contributed by atoms with Crippen LogP contribution in [0.15, 0.2) is 0 Å². The molecular formula is C12H20N2O3. The maximum Gasteiger partial charge on any atom is 0.225 e. The van der Waals surface area contributed by atoms with E-state index >= 15 is 0 Å². The number of hydrogen-bond acceptors (Lipinski definition) is 3. The molecule has 0 unspecified atom stereocenters. The molecular weight excluding hydrogens is 220 g/mol. The molecule has 1 aliphatic carbocycles. The first kappa shape index (κ1) is 12.4. The zero-order chi connectivity index (χ0) is 12.3. The molecule has 0 aromatic heterocycles. The van der Waals surface area contributed by atoms with Crippen molar-refractivity contribution in [3.05, 3.63) is 0 Å². The molecule has 0 aromatic rings. The lowest BCUT2D eigenvalue weighted by atomic mass is 10.1. The van der Waals surface area contributed by atoms with Crippen molar-refractivity contribution in [1.82, 2.24) is 10.2 Å². The van der Waals surface area contributed by atoms with Crippen molar-refractivity contribution < 1.29 is 14.3 Å². The minimum Gasteiger partial charge on any atom is -0.385 e. The Balaban J connectivity index is 1.71. The number of likely N-dealkylation sites (tertiary alicyclic amines) is 1. The van der Waals surface area contributed by atoms with Gasteiger partial charge in [-0.1, -0.05) is 0 Å². The number of nitrogens with zero attached hydrogens (tertiary/aromatic N) is 1. The minimum absolute atomic E-state index is 0.0117. The normalized spacial score (nSPS) is 24.2. The highest BCUT2D eigenvalue weighted by Gasteiger charge is 2.41. The molecule has 2 amide bonds. The summed E-state index contributed by atoms with van der Waals surface area (Å²) in [5.41, 5.74) is 0. The Bertz CT molecular complexity index is 302. The zero-order valence-corrected chi connectivity index (χ0v) is 10.3. The van der Waals surface area contributed by atoms with Gasteiger partial charge in [0.05, 0.1) is 5.92 Å². The number of carbonyl (C=O) groups is 2. The van der Waals surface area contributed by atoms with E-state index < -0.39 is 0 Å². The molecule has 0 spiro atoms. The first-order valence-electron chi connectivity index (χ1n) is 6.28. The Labute approximate surface area is 101 Å².